The van der Waals surface area contributed by atoms with Crippen molar-refractivity contribution < 1.29 is 24.5 Å². The van der Waals surface area contributed by atoms with Gasteiger partial charge in [0, 0.05) is 18.0 Å². The van der Waals surface area contributed by atoms with Gasteiger partial charge in [-0.2, -0.15) is 0 Å². The molecule has 0 saturated heterocycles. The zero-order chi connectivity index (χ0) is 16.9. The van der Waals surface area contributed by atoms with Gasteiger partial charge in [0.25, 0.3) is 0 Å². The number of hydrogen-bond donors (Lipinski definition) is 0. The largest absolute Gasteiger partial charge is 0.432 e. The first-order valence-electron chi connectivity index (χ1n) is 7.25. The van der Waals surface area contributed by atoms with Crippen LogP contribution in [0.3, 0.4) is 0 Å². The van der Waals surface area contributed by atoms with Crippen molar-refractivity contribution in [3.63, 3.8) is 0 Å². The summed E-state index contributed by atoms with van der Waals surface area (Å²) in [4.78, 5) is 21.8. The average molecular weight is 252 g/mol. The third-order valence-electron chi connectivity index (χ3n) is 1.88. The topological polar surface area (TPSA) is 52.6 Å². The fourth-order valence-electron chi connectivity index (χ4n) is 1.20. The molecule has 0 atom stereocenters. The van der Waals surface area contributed by atoms with Crippen LogP contribution in [0.15, 0.2) is 36.1 Å². The fraction of sp³-hybridized carbons (Fsp3) is 0.286. The molecule has 96 valence electrons. The number of ether oxygens (including phenoxy) is 2. The molecule has 1 rings (SSSR count). The van der Waals surface area contributed by atoms with Gasteiger partial charge in [-0.1, -0.05) is 12.1 Å². The van der Waals surface area contributed by atoms with Crippen molar-refractivity contribution in [3.8, 4) is 5.75 Å². The number of benzene rings is 1. The average Bonchev–Trinajstić information content (AvgIpc) is 2.36. The Hall–Kier alpha value is -2.10. The molecule has 0 aliphatic carbocycles. The molecular formula is C14H16O4. The van der Waals surface area contributed by atoms with Crippen molar-refractivity contribution in [1.29, 1.82) is 0 Å². The van der Waals surface area contributed by atoms with Gasteiger partial charge in [0.05, 0.1) is 1.37 Å². The summed E-state index contributed by atoms with van der Waals surface area (Å²) in [5.74, 6) is -1.53. The Bertz CT molecular complexity index is 588. The van der Waals surface area contributed by atoms with E-state index in [2.05, 4.69) is 4.74 Å². The molecule has 0 saturated carbocycles. The van der Waals surface area contributed by atoms with Gasteiger partial charge in [-0.15, -0.1) is 0 Å². The first-order valence-corrected chi connectivity index (χ1v) is 5.25. The first-order chi connectivity index (χ1) is 10.1. The van der Waals surface area contributed by atoms with Gasteiger partial charge in [0.15, 0.2) is 0 Å². The lowest BCUT2D eigenvalue weighted by Crippen LogP contribution is -2.01. The molecule has 0 fully saturated rings. The van der Waals surface area contributed by atoms with E-state index in [4.69, 9.17) is 10.2 Å². The van der Waals surface area contributed by atoms with Crippen LogP contribution in [0.25, 0.3) is 0 Å². The van der Waals surface area contributed by atoms with Crippen molar-refractivity contribution in [2.45, 2.75) is 27.1 Å². The Balaban J connectivity index is 2.96. The van der Waals surface area contributed by atoms with Gasteiger partial charge in [-0.25, -0.2) is 0 Å². The molecule has 0 N–H and O–H groups in total. The smallest absolute Gasteiger partial charge is 0.308 e. The van der Waals surface area contributed by atoms with E-state index in [0.717, 1.165) is 6.92 Å². The lowest BCUT2D eigenvalue weighted by atomic mass is 10.1. The van der Waals surface area contributed by atoms with Crippen LogP contribution >= 0.6 is 0 Å². The zero-order valence-electron chi connectivity index (χ0n) is 14.1. The highest BCUT2D eigenvalue weighted by Gasteiger charge is 1.99. The predicted molar refractivity (Wildman–Crippen MR) is 67.0 cm³/mol. The van der Waals surface area contributed by atoms with Gasteiger partial charge in [0.2, 0.25) is 0 Å². The molecule has 0 amide bonds. The van der Waals surface area contributed by atoms with Crippen LogP contribution in [0, 0.1) is 0 Å². The molecule has 1 aromatic carbocycles. The third kappa shape index (κ3) is 5.30. The molecule has 0 unspecified atom stereocenters. The SMILES string of the molecule is [2H]/C(Cc1ccc(OC(C)=O)cc1)=C(/OC(C)=O)C([2H])([2H])[2H]. The molecule has 0 radical (unpaired) electrons. The normalized spacial score (nSPS) is 15.4. The van der Waals surface area contributed by atoms with Gasteiger partial charge < -0.3 is 9.47 Å². The maximum absolute atomic E-state index is 11.0. The van der Waals surface area contributed by atoms with Crippen molar-refractivity contribution in [2.24, 2.45) is 0 Å². The molecule has 0 aromatic heterocycles. The Morgan fingerprint density at radius 1 is 1.28 bits per heavy atom. The van der Waals surface area contributed by atoms with Crippen LogP contribution in [0.2, 0.25) is 0 Å². The van der Waals surface area contributed by atoms with Crippen LogP contribution in [-0.2, 0) is 20.7 Å². The molecule has 18 heavy (non-hydrogen) atoms. The van der Waals surface area contributed by atoms with E-state index in [1.165, 1.54) is 19.1 Å². The molecule has 4 nitrogen and oxygen atoms in total. The number of allylic oxidation sites excluding steroid dienone is 2. The quantitative estimate of drug-likeness (QED) is 0.469. The number of rotatable bonds is 4. The summed E-state index contributed by atoms with van der Waals surface area (Å²) >= 11 is 0. The second-order valence-corrected chi connectivity index (χ2v) is 3.51. The predicted octanol–water partition coefficient (Wildman–Crippen LogP) is 2.62. The van der Waals surface area contributed by atoms with Gasteiger partial charge >= 0.3 is 11.9 Å². The minimum atomic E-state index is -2.68. The molecule has 1 aromatic rings. The lowest BCUT2D eigenvalue weighted by Gasteiger charge is -2.03. The Morgan fingerprint density at radius 2 is 1.94 bits per heavy atom. The second-order valence-electron chi connectivity index (χ2n) is 3.51. The monoisotopic (exact) mass is 252 g/mol. The summed E-state index contributed by atoms with van der Waals surface area (Å²) in [6.45, 7) is -0.326. The summed E-state index contributed by atoms with van der Waals surface area (Å²) < 4.78 is 39.3. The van der Waals surface area contributed by atoms with E-state index < -0.39 is 24.5 Å². The number of carbonyl (C=O) groups excluding carboxylic acids is 2. The van der Waals surface area contributed by atoms with Gasteiger partial charge in [-0.05, 0) is 37.0 Å². The third-order valence-corrected chi connectivity index (χ3v) is 1.88. The van der Waals surface area contributed by atoms with Gasteiger partial charge in [0.1, 0.15) is 11.5 Å². The minimum Gasteiger partial charge on any atom is -0.432 e. The van der Waals surface area contributed by atoms with E-state index >= 15 is 0 Å². The summed E-state index contributed by atoms with van der Waals surface area (Å²) in [6.07, 6.45) is -0.0264. The molecule has 0 heterocycles. The van der Waals surface area contributed by atoms with E-state index in [9.17, 15) is 9.59 Å². The van der Waals surface area contributed by atoms with Crippen LogP contribution in [0.5, 0.6) is 5.75 Å². The maximum Gasteiger partial charge on any atom is 0.308 e. The second kappa shape index (κ2) is 6.59. The highest BCUT2D eigenvalue weighted by molar-refractivity contribution is 5.69. The Labute approximate surface area is 112 Å². The van der Waals surface area contributed by atoms with E-state index in [1.54, 1.807) is 12.1 Å². The molecule has 0 bridgehead atoms. The van der Waals surface area contributed by atoms with E-state index in [0.29, 0.717) is 11.3 Å². The maximum atomic E-state index is 11.0. The van der Waals surface area contributed by atoms with Gasteiger partial charge in [-0.3, -0.25) is 9.59 Å². The zero-order valence-corrected chi connectivity index (χ0v) is 10.1. The molecule has 4 heteroatoms. The van der Waals surface area contributed by atoms with Crippen LogP contribution in [0.1, 0.15) is 31.7 Å². The summed E-state index contributed by atoms with van der Waals surface area (Å²) in [7, 11) is 0. The van der Waals surface area contributed by atoms with Crippen LogP contribution < -0.4 is 4.74 Å². The summed E-state index contributed by atoms with van der Waals surface area (Å²) in [6, 6.07) is 5.95. The standard InChI is InChI=1S/C14H16O4/c1-10(17-11(2)15)4-5-13-6-8-14(9-7-13)18-12(3)16/h4,6-9H,5H2,1-3H3/b10-4-/i1D3,4D. The highest BCUT2D eigenvalue weighted by atomic mass is 16.5. The Morgan fingerprint density at radius 3 is 2.44 bits per heavy atom. The van der Waals surface area contributed by atoms with Crippen molar-refractivity contribution >= 4 is 11.9 Å². The van der Waals surface area contributed by atoms with Crippen molar-refractivity contribution in [2.75, 3.05) is 0 Å². The number of hydrogen-bond acceptors (Lipinski definition) is 4. The molecular weight excluding hydrogens is 232 g/mol. The van der Waals surface area contributed by atoms with E-state index in [1.807, 2.05) is 0 Å². The molecule has 0 spiro atoms. The minimum absolute atomic E-state index is 0.0264. The van der Waals surface area contributed by atoms with E-state index in [-0.39, 0.29) is 12.5 Å². The summed E-state index contributed by atoms with van der Waals surface area (Å²) in [5.41, 5.74) is 0.620. The molecule has 0 aliphatic heterocycles. The van der Waals surface area contributed by atoms with Crippen molar-refractivity contribution in [3.05, 3.63) is 41.6 Å². The fourth-order valence-corrected chi connectivity index (χ4v) is 1.20. The summed E-state index contributed by atoms with van der Waals surface area (Å²) in [5, 5.41) is 0. The lowest BCUT2D eigenvalue weighted by molar-refractivity contribution is -0.136. The van der Waals surface area contributed by atoms with Crippen LogP contribution in [0.4, 0.5) is 0 Å². The number of esters is 2. The van der Waals surface area contributed by atoms with Crippen molar-refractivity contribution in [1.82, 2.24) is 0 Å². The first kappa shape index (κ1) is 8.91. The van der Waals surface area contributed by atoms with Crippen LogP contribution in [-0.4, -0.2) is 11.9 Å². The number of carbonyl (C=O) groups is 2. The Kier molecular flexibility index (Phi) is 3.26. The molecule has 0 aliphatic rings. The highest BCUT2D eigenvalue weighted by Crippen LogP contribution is 2.13.